The van der Waals surface area contributed by atoms with Crippen molar-refractivity contribution in [2.24, 2.45) is 0 Å². The molecule has 0 amide bonds. The maximum atomic E-state index is 12.7. The third kappa shape index (κ3) is 6.21. The van der Waals surface area contributed by atoms with Gasteiger partial charge in [0, 0.05) is 6.04 Å². The molecule has 1 N–H and O–H groups in total. The van der Waals surface area contributed by atoms with Gasteiger partial charge in [-0.05, 0) is 37.1 Å². The molecule has 1 heterocycles. The highest BCUT2D eigenvalue weighted by Gasteiger charge is 2.19. The molecule has 0 radical (unpaired) electrons. The van der Waals surface area contributed by atoms with Gasteiger partial charge in [-0.2, -0.15) is 5.10 Å². The van der Waals surface area contributed by atoms with Crippen LogP contribution in [-0.2, 0) is 10.0 Å². The summed E-state index contributed by atoms with van der Waals surface area (Å²) in [6.45, 7) is 4.29. The Labute approximate surface area is 157 Å². The quantitative estimate of drug-likeness (QED) is 0.565. The van der Waals surface area contributed by atoms with E-state index in [1.165, 1.54) is 32.0 Å². The zero-order valence-electron chi connectivity index (χ0n) is 15.8. The Morgan fingerprint density at radius 1 is 1.00 bits per heavy atom. The number of nitrogens with one attached hydrogen (secondary N) is 1. The van der Waals surface area contributed by atoms with E-state index in [9.17, 15) is 8.42 Å². The van der Waals surface area contributed by atoms with Gasteiger partial charge in [-0.3, -0.25) is 0 Å². The van der Waals surface area contributed by atoms with Gasteiger partial charge in [0.2, 0.25) is 10.0 Å². The molecule has 1 aromatic heterocycles. The van der Waals surface area contributed by atoms with Crippen LogP contribution in [0.2, 0.25) is 0 Å². The molecule has 0 aliphatic heterocycles. The smallest absolute Gasteiger partial charge is 0.223 e. The predicted octanol–water partition coefficient (Wildman–Crippen LogP) is 4.07. The monoisotopic (exact) mass is 378 g/mol. The summed E-state index contributed by atoms with van der Waals surface area (Å²) in [7, 11) is -3.51. The van der Waals surface area contributed by atoms with Crippen molar-refractivity contribution in [2.75, 3.05) is 0 Å². The summed E-state index contributed by atoms with van der Waals surface area (Å²) in [5, 5.41) is 4.05. The molecule has 144 valence electrons. The largest absolute Gasteiger partial charge is 0.240 e. The first-order valence-electron chi connectivity index (χ1n) is 9.54. The van der Waals surface area contributed by atoms with Crippen LogP contribution in [0.4, 0.5) is 0 Å². The lowest BCUT2D eigenvalue weighted by atomic mass is 10.0. The summed E-state index contributed by atoms with van der Waals surface area (Å²) in [5.74, 6) is 0. The summed E-state index contributed by atoms with van der Waals surface area (Å²) < 4.78 is 29.9. The normalized spacial score (nSPS) is 13.0. The predicted molar refractivity (Wildman–Crippen MR) is 104 cm³/mol. The number of sulfonamides is 1. The summed E-state index contributed by atoms with van der Waals surface area (Å²) in [6, 6.07) is 6.71. The van der Waals surface area contributed by atoms with Crippen LogP contribution >= 0.6 is 0 Å². The van der Waals surface area contributed by atoms with Gasteiger partial charge in [-0.1, -0.05) is 52.4 Å². The lowest BCUT2D eigenvalue weighted by Crippen LogP contribution is -2.34. The zero-order chi connectivity index (χ0) is 18.8. The average molecular weight is 379 g/mol. The zero-order valence-corrected chi connectivity index (χ0v) is 16.6. The number of hydrogen-bond donors (Lipinski definition) is 1. The van der Waals surface area contributed by atoms with Gasteiger partial charge in [-0.25, -0.2) is 22.8 Å². The molecule has 26 heavy (non-hydrogen) atoms. The van der Waals surface area contributed by atoms with E-state index < -0.39 is 10.0 Å². The number of rotatable bonds is 12. The molecular weight excluding hydrogens is 348 g/mol. The van der Waals surface area contributed by atoms with Gasteiger partial charge in [0.25, 0.3) is 0 Å². The van der Waals surface area contributed by atoms with Crippen LogP contribution in [-0.4, -0.2) is 29.2 Å². The van der Waals surface area contributed by atoms with Crippen molar-refractivity contribution in [1.82, 2.24) is 19.5 Å². The molecule has 0 spiro atoms. The minimum atomic E-state index is -3.51. The van der Waals surface area contributed by atoms with Gasteiger partial charge < -0.3 is 0 Å². The van der Waals surface area contributed by atoms with Gasteiger partial charge in [0.1, 0.15) is 12.7 Å². The molecule has 2 aromatic rings. The SMILES string of the molecule is CCCCCCCC(CCC)NS(=O)(=O)c1ccc(-n2cncn2)cc1. The Kier molecular flexibility index (Phi) is 8.25. The molecule has 0 saturated carbocycles. The van der Waals surface area contributed by atoms with E-state index in [0.29, 0.717) is 0 Å². The molecular formula is C19H30N4O2S. The highest BCUT2D eigenvalue weighted by molar-refractivity contribution is 7.89. The topological polar surface area (TPSA) is 76.9 Å². The van der Waals surface area contributed by atoms with E-state index in [0.717, 1.165) is 31.4 Å². The lowest BCUT2D eigenvalue weighted by molar-refractivity contribution is 0.471. The van der Waals surface area contributed by atoms with E-state index >= 15 is 0 Å². The molecule has 0 aliphatic carbocycles. The second-order valence-corrected chi connectivity index (χ2v) is 8.36. The van der Waals surface area contributed by atoms with E-state index in [2.05, 4.69) is 28.7 Å². The summed E-state index contributed by atoms with van der Waals surface area (Å²) >= 11 is 0. The van der Waals surface area contributed by atoms with Crippen molar-refractivity contribution in [3.05, 3.63) is 36.9 Å². The lowest BCUT2D eigenvalue weighted by Gasteiger charge is -2.18. The van der Waals surface area contributed by atoms with E-state index in [-0.39, 0.29) is 10.9 Å². The van der Waals surface area contributed by atoms with Crippen LogP contribution in [0.15, 0.2) is 41.8 Å². The van der Waals surface area contributed by atoms with Crippen molar-refractivity contribution in [3.63, 3.8) is 0 Å². The maximum absolute atomic E-state index is 12.7. The van der Waals surface area contributed by atoms with Gasteiger partial charge in [-0.15, -0.1) is 0 Å². The number of unbranched alkanes of at least 4 members (excludes halogenated alkanes) is 4. The summed E-state index contributed by atoms with van der Waals surface area (Å²) in [5.41, 5.74) is 0.780. The highest BCUT2D eigenvalue weighted by atomic mass is 32.2. The third-order valence-corrected chi connectivity index (χ3v) is 5.98. The maximum Gasteiger partial charge on any atom is 0.240 e. The molecule has 6 nitrogen and oxygen atoms in total. The third-order valence-electron chi connectivity index (χ3n) is 4.45. The van der Waals surface area contributed by atoms with Crippen LogP contribution < -0.4 is 4.72 Å². The fourth-order valence-electron chi connectivity index (χ4n) is 3.01. The number of aromatic nitrogens is 3. The molecule has 0 saturated heterocycles. The Morgan fingerprint density at radius 2 is 1.73 bits per heavy atom. The van der Waals surface area contributed by atoms with Gasteiger partial charge in [0.05, 0.1) is 10.6 Å². The Morgan fingerprint density at radius 3 is 2.35 bits per heavy atom. The van der Waals surface area contributed by atoms with E-state index in [4.69, 9.17) is 0 Å². The standard InChI is InChI=1S/C19H30N4O2S/c1-3-5-6-7-8-10-17(9-4-2)22-26(24,25)19-13-11-18(12-14-19)23-16-20-15-21-23/h11-17,22H,3-10H2,1-2H3. The average Bonchev–Trinajstić information content (AvgIpc) is 3.16. The molecule has 1 unspecified atom stereocenters. The molecule has 7 heteroatoms. The first-order valence-corrected chi connectivity index (χ1v) is 11.0. The number of benzene rings is 1. The van der Waals surface area contributed by atoms with E-state index in [1.807, 2.05) is 0 Å². The van der Waals surface area contributed by atoms with Crippen LogP contribution in [0.25, 0.3) is 5.69 Å². The Bertz CT molecular complexity index is 727. The molecule has 0 bridgehead atoms. The van der Waals surface area contributed by atoms with Crippen molar-refractivity contribution < 1.29 is 8.42 Å². The Balaban J connectivity index is 1.97. The van der Waals surface area contributed by atoms with Gasteiger partial charge in [0.15, 0.2) is 0 Å². The van der Waals surface area contributed by atoms with Gasteiger partial charge >= 0.3 is 0 Å². The van der Waals surface area contributed by atoms with Crippen molar-refractivity contribution in [3.8, 4) is 5.69 Å². The second kappa shape index (κ2) is 10.4. The molecule has 0 fully saturated rings. The molecule has 2 rings (SSSR count). The van der Waals surface area contributed by atoms with Crippen LogP contribution in [0.5, 0.6) is 0 Å². The molecule has 1 atom stereocenters. The molecule has 1 aromatic carbocycles. The molecule has 0 aliphatic rings. The van der Waals surface area contributed by atoms with Crippen LogP contribution in [0.1, 0.15) is 65.2 Å². The second-order valence-electron chi connectivity index (χ2n) is 6.64. The number of nitrogens with zero attached hydrogens (tertiary/aromatic N) is 3. The minimum Gasteiger partial charge on any atom is -0.223 e. The summed E-state index contributed by atoms with van der Waals surface area (Å²) in [4.78, 5) is 4.18. The number of hydrogen-bond acceptors (Lipinski definition) is 4. The fraction of sp³-hybridized carbons (Fsp3) is 0.579. The first-order chi connectivity index (χ1) is 12.6. The fourth-order valence-corrected chi connectivity index (χ4v) is 4.32. The first kappa shape index (κ1) is 20.6. The highest BCUT2D eigenvalue weighted by Crippen LogP contribution is 2.16. The van der Waals surface area contributed by atoms with Crippen LogP contribution in [0.3, 0.4) is 0 Å². The van der Waals surface area contributed by atoms with E-state index in [1.54, 1.807) is 35.3 Å². The minimum absolute atomic E-state index is 0.00150. The van der Waals surface area contributed by atoms with Crippen molar-refractivity contribution >= 4 is 10.0 Å². The van der Waals surface area contributed by atoms with Crippen molar-refractivity contribution in [1.29, 1.82) is 0 Å². The summed E-state index contributed by atoms with van der Waals surface area (Å²) in [6.07, 6.45) is 11.7. The Hall–Kier alpha value is -1.73. The van der Waals surface area contributed by atoms with Crippen molar-refractivity contribution in [2.45, 2.75) is 76.2 Å². The van der Waals surface area contributed by atoms with Crippen LogP contribution in [0, 0.1) is 0 Å².